The zero-order chi connectivity index (χ0) is 11.4. The number of hydrogen-bond donors (Lipinski definition) is 2. The number of aliphatic hydroxyl groups excluding tert-OH is 2. The Labute approximate surface area is 102 Å². The Hall–Kier alpha value is -1.12. The van der Waals surface area contributed by atoms with E-state index in [0.29, 0.717) is 0 Å². The van der Waals surface area contributed by atoms with E-state index < -0.39 is 6.10 Å². The highest BCUT2D eigenvalue weighted by atomic mass is 32.1. The van der Waals surface area contributed by atoms with Crippen LogP contribution in [0.15, 0.2) is 29.6 Å². The Morgan fingerprint density at radius 2 is 2.12 bits per heavy atom. The van der Waals surface area contributed by atoms with E-state index in [9.17, 15) is 0 Å². The first kappa shape index (κ1) is 11.4. The van der Waals surface area contributed by atoms with E-state index in [1.165, 1.54) is 9.75 Å². The smallest absolute Gasteiger partial charge is 0.138 e. The second-order valence-corrected chi connectivity index (χ2v) is 5.14. The third-order valence-corrected chi connectivity index (χ3v) is 3.97. The molecule has 2 heterocycles. The molecule has 0 aromatic carbocycles. The predicted molar refractivity (Wildman–Crippen MR) is 67.6 cm³/mol. The van der Waals surface area contributed by atoms with Gasteiger partial charge in [-0.2, -0.15) is 0 Å². The van der Waals surface area contributed by atoms with Gasteiger partial charge >= 0.3 is 0 Å². The summed E-state index contributed by atoms with van der Waals surface area (Å²) in [6.45, 7) is -0.323. The molecule has 2 nitrogen and oxygen atoms in total. The van der Waals surface area contributed by atoms with Crippen molar-refractivity contribution in [2.75, 3.05) is 6.61 Å². The van der Waals surface area contributed by atoms with E-state index in [-0.39, 0.29) is 6.61 Å². The van der Waals surface area contributed by atoms with Crippen molar-refractivity contribution in [1.29, 1.82) is 0 Å². The van der Waals surface area contributed by atoms with Crippen LogP contribution in [0.2, 0.25) is 0 Å². The molecule has 2 aromatic heterocycles. The number of thiophene rings is 2. The van der Waals surface area contributed by atoms with Crippen LogP contribution in [0.5, 0.6) is 0 Å². The highest BCUT2D eigenvalue weighted by molar-refractivity contribution is 7.21. The lowest BCUT2D eigenvalue weighted by Crippen LogP contribution is -2.07. The van der Waals surface area contributed by atoms with Crippen molar-refractivity contribution in [2.24, 2.45) is 0 Å². The van der Waals surface area contributed by atoms with Crippen LogP contribution in [0, 0.1) is 11.8 Å². The van der Waals surface area contributed by atoms with E-state index in [4.69, 9.17) is 10.2 Å². The fourth-order valence-corrected chi connectivity index (χ4v) is 2.86. The predicted octanol–water partition coefficient (Wildman–Crippen LogP) is 2.18. The average molecular weight is 250 g/mol. The maximum absolute atomic E-state index is 9.09. The first-order chi connectivity index (χ1) is 7.79. The van der Waals surface area contributed by atoms with Gasteiger partial charge in [0.1, 0.15) is 6.10 Å². The van der Waals surface area contributed by atoms with Crippen LogP contribution in [-0.4, -0.2) is 22.9 Å². The second kappa shape index (κ2) is 5.28. The lowest BCUT2D eigenvalue weighted by Gasteiger charge is -1.92. The van der Waals surface area contributed by atoms with Crippen LogP contribution in [0.25, 0.3) is 9.75 Å². The fourth-order valence-electron chi connectivity index (χ4n) is 1.16. The van der Waals surface area contributed by atoms with Gasteiger partial charge in [-0.05, 0) is 23.6 Å². The first-order valence-corrected chi connectivity index (χ1v) is 6.43. The monoisotopic (exact) mass is 250 g/mol. The summed E-state index contributed by atoms with van der Waals surface area (Å²) in [5.41, 5.74) is 0. The molecule has 0 saturated heterocycles. The SMILES string of the molecule is OCC(O)C#Cc1ccc(-c2cccs2)s1. The molecule has 0 aliphatic carbocycles. The first-order valence-electron chi connectivity index (χ1n) is 4.74. The molecular weight excluding hydrogens is 240 g/mol. The Morgan fingerprint density at radius 1 is 1.25 bits per heavy atom. The Bertz CT molecular complexity index is 503. The van der Waals surface area contributed by atoms with Gasteiger partial charge < -0.3 is 10.2 Å². The Kier molecular flexibility index (Phi) is 3.75. The normalized spacial score (nSPS) is 11.9. The van der Waals surface area contributed by atoms with Crippen molar-refractivity contribution in [3.8, 4) is 21.6 Å². The quantitative estimate of drug-likeness (QED) is 0.802. The number of hydrogen-bond acceptors (Lipinski definition) is 4. The topological polar surface area (TPSA) is 40.5 Å². The van der Waals surface area contributed by atoms with E-state index in [0.717, 1.165) is 4.88 Å². The molecule has 0 aliphatic heterocycles. The molecule has 1 unspecified atom stereocenters. The van der Waals surface area contributed by atoms with Gasteiger partial charge in [-0.3, -0.25) is 0 Å². The number of aliphatic hydroxyl groups is 2. The molecule has 1 atom stereocenters. The van der Waals surface area contributed by atoms with Crippen LogP contribution < -0.4 is 0 Å². The molecule has 0 aliphatic rings. The van der Waals surface area contributed by atoms with Gasteiger partial charge in [-0.25, -0.2) is 0 Å². The van der Waals surface area contributed by atoms with Crippen LogP contribution in [0.3, 0.4) is 0 Å². The van der Waals surface area contributed by atoms with Gasteiger partial charge in [0.25, 0.3) is 0 Å². The maximum atomic E-state index is 9.09. The molecule has 0 bridgehead atoms. The molecule has 0 fully saturated rings. The third-order valence-electron chi connectivity index (χ3n) is 1.90. The van der Waals surface area contributed by atoms with Gasteiger partial charge in [0.2, 0.25) is 0 Å². The third kappa shape index (κ3) is 2.71. The number of rotatable bonds is 2. The van der Waals surface area contributed by atoms with E-state index in [1.54, 1.807) is 22.7 Å². The second-order valence-electron chi connectivity index (χ2n) is 3.11. The molecule has 2 rings (SSSR count). The average Bonchev–Trinajstić information content (AvgIpc) is 2.95. The van der Waals surface area contributed by atoms with E-state index >= 15 is 0 Å². The van der Waals surface area contributed by atoms with Crippen molar-refractivity contribution in [1.82, 2.24) is 0 Å². The van der Waals surface area contributed by atoms with Crippen molar-refractivity contribution in [2.45, 2.75) is 6.10 Å². The van der Waals surface area contributed by atoms with Crippen LogP contribution in [0.4, 0.5) is 0 Å². The van der Waals surface area contributed by atoms with Gasteiger partial charge in [0.15, 0.2) is 0 Å². The largest absolute Gasteiger partial charge is 0.393 e. The fraction of sp³-hybridized carbons (Fsp3) is 0.167. The van der Waals surface area contributed by atoms with Crippen LogP contribution in [-0.2, 0) is 0 Å². The summed E-state index contributed by atoms with van der Waals surface area (Å²) >= 11 is 3.28. The van der Waals surface area contributed by atoms with Gasteiger partial charge in [-0.1, -0.05) is 17.9 Å². The van der Waals surface area contributed by atoms with Crippen molar-refractivity contribution >= 4 is 22.7 Å². The van der Waals surface area contributed by atoms with Gasteiger partial charge in [0, 0.05) is 9.75 Å². The van der Waals surface area contributed by atoms with Crippen LogP contribution in [0.1, 0.15) is 4.88 Å². The Balaban J connectivity index is 2.16. The summed E-state index contributed by atoms with van der Waals surface area (Å²) in [5, 5.41) is 19.8. The summed E-state index contributed by atoms with van der Waals surface area (Å²) in [6.07, 6.45) is -0.952. The minimum atomic E-state index is -0.952. The zero-order valence-electron chi connectivity index (χ0n) is 8.38. The molecule has 0 radical (unpaired) electrons. The minimum Gasteiger partial charge on any atom is -0.393 e. The van der Waals surface area contributed by atoms with Crippen molar-refractivity contribution in [3.63, 3.8) is 0 Å². The summed E-state index contributed by atoms with van der Waals surface area (Å²) < 4.78 is 0. The van der Waals surface area contributed by atoms with E-state index in [1.807, 2.05) is 23.6 Å². The standard InChI is InChI=1S/C12H10O2S2/c13-8-9(14)3-4-10-5-6-12(16-10)11-2-1-7-15-11/h1-2,5-7,9,13-14H,8H2. The lowest BCUT2D eigenvalue weighted by atomic mass is 10.3. The summed E-state index contributed by atoms with van der Waals surface area (Å²) in [6, 6.07) is 8.03. The summed E-state index contributed by atoms with van der Waals surface area (Å²) in [7, 11) is 0. The Morgan fingerprint density at radius 3 is 2.81 bits per heavy atom. The zero-order valence-corrected chi connectivity index (χ0v) is 10.0. The maximum Gasteiger partial charge on any atom is 0.138 e. The highest BCUT2D eigenvalue weighted by Crippen LogP contribution is 2.30. The van der Waals surface area contributed by atoms with Crippen molar-refractivity contribution in [3.05, 3.63) is 34.5 Å². The van der Waals surface area contributed by atoms with Gasteiger partial charge in [0.05, 0.1) is 11.5 Å². The minimum absolute atomic E-state index is 0.323. The molecule has 0 spiro atoms. The van der Waals surface area contributed by atoms with Crippen molar-refractivity contribution < 1.29 is 10.2 Å². The molecule has 2 aromatic rings. The molecule has 16 heavy (non-hydrogen) atoms. The molecule has 82 valence electrons. The van der Waals surface area contributed by atoms with Crippen LogP contribution >= 0.6 is 22.7 Å². The summed E-state index contributed by atoms with van der Waals surface area (Å²) in [4.78, 5) is 3.30. The van der Waals surface area contributed by atoms with Gasteiger partial charge in [-0.15, -0.1) is 22.7 Å². The summed E-state index contributed by atoms with van der Waals surface area (Å²) in [5.74, 6) is 5.42. The lowest BCUT2D eigenvalue weighted by molar-refractivity contribution is 0.138. The molecule has 0 saturated carbocycles. The molecule has 4 heteroatoms. The molecule has 0 amide bonds. The van der Waals surface area contributed by atoms with E-state index in [2.05, 4.69) is 17.9 Å². The highest BCUT2D eigenvalue weighted by Gasteiger charge is 2.02. The molecular formula is C12H10O2S2. The molecule has 2 N–H and O–H groups in total.